The number of hydroxylamine groups is 2. The van der Waals surface area contributed by atoms with Crippen LogP contribution >= 0.6 is 0 Å². The number of nitrogens with zero attached hydrogens (tertiary/aromatic N) is 1. The molecule has 1 N–H and O–H groups in total. The van der Waals surface area contributed by atoms with Gasteiger partial charge in [-0.25, -0.2) is 9.59 Å². The second-order valence-electron chi connectivity index (χ2n) is 9.63. The molecule has 1 heterocycles. The van der Waals surface area contributed by atoms with Crippen molar-refractivity contribution in [1.29, 1.82) is 0 Å². The monoisotopic (exact) mass is 462 g/mol. The van der Waals surface area contributed by atoms with Crippen molar-refractivity contribution in [3.05, 3.63) is 48.0 Å². The molecule has 0 aliphatic carbocycles. The molecule has 0 saturated carbocycles. The Bertz CT molecular complexity index is 790. The molecule has 1 atom stereocenters. The molecule has 0 aromatic heterocycles. The number of piperidine rings is 1. The Morgan fingerprint density at radius 3 is 2.27 bits per heavy atom. The summed E-state index contributed by atoms with van der Waals surface area (Å²) in [6.45, 7) is 13.8. The van der Waals surface area contributed by atoms with Crippen LogP contribution in [-0.2, 0) is 23.8 Å². The summed E-state index contributed by atoms with van der Waals surface area (Å²) < 4.78 is 16.1. The molecule has 0 radical (unpaired) electrons. The topological polar surface area (TPSA) is 86.3 Å². The zero-order chi connectivity index (χ0) is 24.6. The van der Waals surface area contributed by atoms with Gasteiger partial charge < -0.3 is 19.5 Å². The van der Waals surface area contributed by atoms with Crippen LogP contribution in [0.2, 0.25) is 0 Å². The maximum absolute atomic E-state index is 12.2. The van der Waals surface area contributed by atoms with Gasteiger partial charge in [0.05, 0.1) is 12.6 Å². The van der Waals surface area contributed by atoms with Gasteiger partial charge in [-0.2, -0.15) is 5.06 Å². The number of benzene rings is 1. The molecule has 0 bridgehead atoms. The smallest absolute Gasteiger partial charge is 0.407 e. The van der Waals surface area contributed by atoms with E-state index >= 15 is 0 Å². The van der Waals surface area contributed by atoms with Crippen molar-refractivity contribution in [1.82, 2.24) is 10.4 Å². The maximum Gasteiger partial charge on any atom is 0.407 e. The Morgan fingerprint density at radius 1 is 1.12 bits per heavy atom. The minimum absolute atomic E-state index is 0.0256. The Labute approximate surface area is 197 Å². The molecule has 2 rings (SSSR count). The van der Waals surface area contributed by atoms with Gasteiger partial charge in [0.25, 0.3) is 0 Å². The summed E-state index contributed by atoms with van der Waals surface area (Å²) in [7, 11) is 1.74. The summed E-state index contributed by atoms with van der Waals surface area (Å²) in [5, 5.41) is 4.60. The van der Waals surface area contributed by atoms with Crippen molar-refractivity contribution < 1.29 is 28.6 Å². The highest BCUT2D eigenvalue weighted by atomic mass is 16.7. The van der Waals surface area contributed by atoms with E-state index in [4.69, 9.17) is 19.0 Å². The van der Waals surface area contributed by atoms with Crippen LogP contribution in [0, 0.1) is 0 Å². The van der Waals surface area contributed by atoms with E-state index in [2.05, 4.69) is 39.6 Å². The van der Waals surface area contributed by atoms with E-state index in [9.17, 15) is 9.59 Å². The average molecular weight is 463 g/mol. The number of carbonyl (C=O) groups is 2. The van der Waals surface area contributed by atoms with Gasteiger partial charge in [0.1, 0.15) is 19.3 Å². The predicted molar refractivity (Wildman–Crippen MR) is 125 cm³/mol. The number of carbonyl (C=O) groups excluding carboxylic acids is 2. The van der Waals surface area contributed by atoms with E-state index in [0.717, 1.165) is 18.4 Å². The Morgan fingerprint density at radius 2 is 1.73 bits per heavy atom. The number of hydrogen-bond acceptors (Lipinski definition) is 7. The number of esters is 1. The first-order valence-electron chi connectivity index (χ1n) is 11.2. The van der Waals surface area contributed by atoms with Crippen molar-refractivity contribution in [3.8, 4) is 0 Å². The van der Waals surface area contributed by atoms with Gasteiger partial charge in [0.15, 0.2) is 0 Å². The van der Waals surface area contributed by atoms with Crippen molar-refractivity contribution in [2.24, 2.45) is 0 Å². The first-order chi connectivity index (χ1) is 15.5. The van der Waals surface area contributed by atoms with E-state index in [0.29, 0.717) is 5.57 Å². The number of methoxy groups -OCH3 is 1. The second kappa shape index (κ2) is 11.6. The number of ether oxygens (including phenoxy) is 3. The van der Waals surface area contributed by atoms with Gasteiger partial charge in [0, 0.05) is 23.8 Å². The SMILES string of the molecule is C=C(C)C(=O)OCCNC(=O)OCC(ON1C(C)(C)CC(OC)CC1(C)C)c1ccccc1. The van der Waals surface area contributed by atoms with Crippen LogP contribution in [-0.4, -0.2) is 61.2 Å². The van der Waals surface area contributed by atoms with Gasteiger partial charge in [-0.15, -0.1) is 0 Å². The molecular weight excluding hydrogens is 424 g/mol. The lowest BCUT2D eigenvalue weighted by molar-refractivity contribution is -0.321. The van der Waals surface area contributed by atoms with Gasteiger partial charge in [-0.3, -0.25) is 4.84 Å². The molecule has 8 nitrogen and oxygen atoms in total. The molecule has 0 spiro atoms. The summed E-state index contributed by atoms with van der Waals surface area (Å²) in [6, 6.07) is 9.68. The number of rotatable bonds is 10. The fourth-order valence-corrected chi connectivity index (χ4v) is 4.23. The third-order valence-electron chi connectivity index (χ3n) is 5.61. The fraction of sp³-hybridized carbons (Fsp3) is 0.600. The van der Waals surface area contributed by atoms with Gasteiger partial charge in [-0.05, 0) is 53.0 Å². The van der Waals surface area contributed by atoms with E-state index in [1.165, 1.54) is 0 Å². The second-order valence-corrected chi connectivity index (χ2v) is 9.63. The first kappa shape index (κ1) is 26.8. The van der Waals surface area contributed by atoms with Crippen LogP contribution in [0.25, 0.3) is 0 Å². The molecule has 8 heteroatoms. The molecule has 1 aliphatic rings. The first-order valence-corrected chi connectivity index (χ1v) is 11.2. The summed E-state index contributed by atoms with van der Waals surface area (Å²) in [5.74, 6) is -0.495. The van der Waals surface area contributed by atoms with Crippen molar-refractivity contribution in [3.63, 3.8) is 0 Å². The molecular formula is C25H38N2O6. The van der Waals surface area contributed by atoms with Crippen LogP contribution in [0.1, 0.15) is 59.1 Å². The number of amides is 1. The van der Waals surface area contributed by atoms with Gasteiger partial charge in [-0.1, -0.05) is 36.9 Å². The average Bonchev–Trinajstić information content (AvgIpc) is 2.75. The van der Waals surface area contributed by atoms with Crippen LogP contribution in [0.15, 0.2) is 42.5 Å². The molecule has 1 aliphatic heterocycles. The molecule has 1 fully saturated rings. The molecule has 184 valence electrons. The molecule has 1 aromatic rings. The van der Waals surface area contributed by atoms with Crippen LogP contribution in [0.4, 0.5) is 4.79 Å². The van der Waals surface area contributed by atoms with E-state index in [-0.39, 0.29) is 36.9 Å². The van der Waals surface area contributed by atoms with E-state index < -0.39 is 18.2 Å². The lowest BCUT2D eigenvalue weighted by atomic mass is 9.80. The minimum Gasteiger partial charge on any atom is -0.460 e. The summed E-state index contributed by atoms with van der Waals surface area (Å²) in [4.78, 5) is 30.1. The highest BCUT2D eigenvalue weighted by molar-refractivity contribution is 5.86. The number of nitrogens with one attached hydrogen (secondary N) is 1. The lowest BCUT2D eigenvalue weighted by Crippen LogP contribution is -2.62. The van der Waals surface area contributed by atoms with Crippen LogP contribution in [0.5, 0.6) is 0 Å². The van der Waals surface area contributed by atoms with Crippen molar-refractivity contribution in [2.75, 3.05) is 26.9 Å². The molecule has 1 unspecified atom stereocenters. The van der Waals surface area contributed by atoms with E-state index in [1.807, 2.05) is 35.4 Å². The molecule has 1 amide bonds. The number of hydrogen-bond donors (Lipinski definition) is 1. The summed E-state index contributed by atoms with van der Waals surface area (Å²) >= 11 is 0. The lowest BCUT2D eigenvalue weighted by Gasteiger charge is -2.54. The highest BCUT2D eigenvalue weighted by Crippen LogP contribution is 2.41. The van der Waals surface area contributed by atoms with Crippen LogP contribution < -0.4 is 5.32 Å². The molecule has 1 aromatic carbocycles. The van der Waals surface area contributed by atoms with Crippen molar-refractivity contribution >= 4 is 12.1 Å². The standard InChI is InChI=1S/C25H38N2O6/c1-18(2)22(28)31-14-13-26-23(29)32-17-21(19-11-9-8-10-12-19)33-27-24(3,4)15-20(30-7)16-25(27,5)6/h8-12,20-21H,1,13-17H2,2-7H3,(H,26,29). The predicted octanol–water partition coefficient (Wildman–Crippen LogP) is 4.17. The summed E-state index contributed by atoms with van der Waals surface area (Å²) in [5.41, 5.74) is 0.636. The zero-order valence-electron chi connectivity index (χ0n) is 20.7. The molecule has 1 saturated heterocycles. The zero-order valence-corrected chi connectivity index (χ0v) is 20.7. The third-order valence-corrected chi connectivity index (χ3v) is 5.61. The van der Waals surface area contributed by atoms with Crippen molar-refractivity contribution in [2.45, 2.75) is 70.7 Å². The normalized spacial score (nSPS) is 18.8. The Kier molecular flexibility index (Phi) is 9.46. The minimum atomic E-state index is -0.609. The maximum atomic E-state index is 12.2. The Hall–Kier alpha value is -2.42. The number of alkyl carbamates (subject to hydrolysis) is 1. The largest absolute Gasteiger partial charge is 0.460 e. The summed E-state index contributed by atoms with van der Waals surface area (Å²) in [6.07, 6.45) is 0.682. The highest BCUT2D eigenvalue weighted by Gasteiger charge is 2.47. The van der Waals surface area contributed by atoms with Gasteiger partial charge >= 0.3 is 12.1 Å². The Balaban J connectivity index is 2.02. The van der Waals surface area contributed by atoms with E-state index in [1.54, 1.807) is 14.0 Å². The van der Waals surface area contributed by atoms with Gasteiger partial charge in [0.2, 0.25) is 0 Å². The van der Waals surface area contributed by atoms with Crippen LogP contribution in [0.3, 0.4) is 0 Å². The molecule has 33 heavy (non-hydrogen) atoms. The fourth-order valence-electron chi connectivity index (χ4n) is 4.23. The quantitative estimate of drug-likeness (QED) is 0.317. The third kappa shape index (κ3) is 7.84.